The van der Waals surface area contributed by atoms with E-state index in [4.69, 9.17) is 14.6 Å². The standard InChI is InChI=1S/C22H26N6O3/c1-7-31-22(29)18-12-27(25-21(18)30-6)16-8-9-26-19(10-16)17(11-23-26)20-14(4)24-28(13(2)3)15(20)5/h8-13H,7H2,1-6H3. The maximum Gasteiger partial charge on any atom is 0.345 e. The lowest BCUT2D eigenvalue weighted by atomic mass is 10.1. The number of rotatable bonds is 6. The molecule has 0 spiro atoms. The quantitative estimate of drug-likeness (QED) is 0.440. The number of hydrogen-bond donors (Lipinski definition) is 0. The number of carbonyl (C=O) groups excluding carboxylic acids is 1. The molecule has 31 heavy (non-hydrogen) atoms. The maximum atomic E-state index is 12.2. The van der Waals surface area contributed by atoms with E-state index in [1.54, 1.807) is 17.8 Å². The highest BCUT2D eigenvalue weighted by atomic mass is 16.5. The lowest BCUT2D eigenvalue weighted by Crippen LogP contribution is -2.05. The molecule has 0 bridgehead atoms. The molecular formula is C22H26N6O3. The van der Waals surface area contributed by atoms with Gasteiger partial charge in [0.1, 0.15) is 5.56 Å². The summed E-state index contributed by atoms with van der Waals surface area (Å²) in [6.07, 6.45) is 5.34. The summed E-state index contributed by atoms with van der Waals surface area (Å²) < 4.78 is 15.8. The number of carbonyl (C=O) groups is 1. The van der Waals surface area contributed by atoms with E-state index in [2.05, 4.69) is 31.0 Å². The van der Waals surface area contributed by atoms with E-state index in [1.807, 2.05) is 40.6 Å². The zero-order chi connectivity index (χ0) is 22.3. The Bertz CT molecular complexity index is 1260. The van der Waals surface area contributed by atoms with Gasteiger partial charge in [-0.3, -0.25) is 4.68 Å². The second kappa shape index (κ2) is 7.90. The minimum atomic E-state index is -0.468. The number of ether oxygens (including phenoxy) is 2. The van der Waals surface area contributed by atoms with Crippen molar-refractivity contribution in [1.82, 2.24) is 29.2 Å². The molecule has 4 rings (SSSR count). The highest BCUT2D eigenvalue weighted by Gasteiger charge is 2.21. The minimum absolute atomic E-state index is 0.219. The molecule has 4 aromatic heterocycles. The van der Waals surface area contributed by atoms with Crippen molar-refractivity contribution in [2.75, 3.05) is 13.7 Å². The molecular weight excluding hydrogens is 396 g/mol. The smallest absolute Gasteiger partial charge is 0.345 e. The van der Waals surface area contributed by atoms with Crippen LogP contribution in [0.15, 0.2) is 30.7 Å². The van der Waals surface area contributed by atoms with Crippen molar-refractivity contribution in [2.24, 2.45) is 0 Å². The number of methoxy groups -OCH3 is 1. The number of pyridine rings is 1. The Morgan fingerprint density at radius 1 is 1.23 bits per heavy atom. The summed E-state index contributed by atoms with van der Waals surface area (Å²) in [6.45, 7) is 10.4. The van der Waals surface area contributed by atoms with Crippen LogP contribution in [0.1, 0.15) is 48.6 Å². The first-order valence-corrected chi connectivity index (χ1v) is 10.2. The molecule has 0 saturated carbocycles. The highest BCUT2D eigenvalue weighted by Crippen LogP contribution is 2.32. The molecule has 9 heteroatoms. The van der Waals surface area contributed by atoms with E-state index in [9.17, 15) is 4.79 Å². The largest absolute Gasteiger partial charge is 0.479 e. The number of aryl methyl sites for hydroxylation is 1. The van der Waals surface area contributed by atoms with Gasteiger partial charge in [-0.25, -0.2) is 14.0 Å². The summed E-state index contributed by atoms with van der Waals surface area (Å²) in [5, 5.41) is 13.6. The van der Waals surface area contributed by atoms with Crippen molar-refractivity contribution < 1.29 is 14.3 Å². The molecule has 0 aliphatic carbocycles. The van der Waals surface area contributed by atoms with Crippen LogP contribution in [0.3, 0.4) is 0 Å². The third-order valence-electron chi connectivity index (χ3n) is 5.22. The van der Waals surface area contributed by atoms with Gasteiger partial charge in [0.2, 0.25) is 5.88 Å². The van der Waals surface area contributed by atoms with Crippen molar-refractivity contribution in [3.63, 3.8) is 0 Å². The molecule has 0 aliphatic rings. The lowest BCUT2D eigenvalue weighted by molar-refractivity contribution is 0.0522. The number of fused-ring (bicyclic) bond motifs is 1. The van der Waals surface area contributed by atoms with Crippen LogP contribution in [-0.2, 0) is 4.74 Å². The Labute approximate surface area is 180 Å². The van der Waals surface area contributed by atoms with E-state index < -0.39 is 5.97 Å². The molecule has 0 amide bonds. The summed E-state index contributed by atoms with van der Waals surface area (Å²) in [5.41, 5.74) is 6.09. The molecule has 0 fully saturated rings. The molecule has 4 heterocycles. The third-order valence-corrected chi connectivity index (χ3v) is 5.22. The van der Waals surface area contributed by atoms with Gasteiger partial charge in [-0.2, -0.15) is 10.2 Å². The van der Waals surface area contributed by atoms with Crippen molar-refractivity contribution in [3.05, 3.63) is 47.7 Å². The molecule has 0 unspecified atom stereocenters. The van der Waals surface area contributed by atoms with E-state index >= 15 is 0 Å². The van der Waals surface area contributed by atoms with Gasteiger partial charge in [0.05, 0.1) is 36.8 Å². The van der Waals surface area contributed by atoms with Crippen LogP contribution in [-0.4, -0.2) is 48.9 Å². The van der Waals surface area contributed by atoms with E-state index in [0.717, 1.165) is 33.7 Å². The van der Waals surface area contributed by atoms with Crippen molar-refractivity contribution in [1.29, 1.82) is 0 Å². The predicted octanol–water partition coefficient (Wildman–Crippen LogP) is 3.77. The van der Waals surface area contributed by atoms with Crippen LogP contribution in [0, 0.1) is 13.8 Å². The summed E-state index contributed by atoms with van der Waals surface area (Å²) in [5.74, 6) is -0.249. The molecule has 162 valence electrons. The van der Waals surface area contributed by atoms with E-state index in [-0.39, 0.29) is 24.1 Å². The molecule has 9 nitrogen and oxygen atoms in total. The van der Waals surface area contributed by atoms with Crippen LogP contribution in [0.4, 0.5) is 0 Å². The maximum absolute atomic E-state index is 12.2. The van der Waals surface area contributed by atoms with Crippen molar-refractivity contribution >= 4 is 11.5 Å². The van der Waals surface area contributed by atoms with Crippen LogP contribution < -0.4 is 4.74 Å². The van der Waals surface area contributed by atoms with E-state index in [1.165, 1.54) is 7.11 Å². The summed E-state index contributed by atoms with van der Waals surface area (Å²) in [4.78, 5) is 12.2. The SMILES string of the molecule is CCOC(=O)c1cn(-c2ccn3ncc(-c4c(C)nn(C(C)C)c4C)c3c2)nc1OC. The normalized spacial score (nSPS) is 11.5. The summed E-state index contributed by atoms with van der Waals surface area (Å²) >= 11 is 0. The van der Waals surface area contributed by atoms with Gasteiger partial charge >= 0.3 is 5.97 Å². The predicted molar refractivity (Wildman–Crippen MR) is 116 cm³/mol. The zero-order valence-corrected chi connectivity index (χ0v) is 18.6. The van der Waals surface area contributed by atoms with Gasteiger partial charge in [-0.05, 0) is 46.8 Å². The monoisotopic (exact) mass is 422 g/mol. The second-order valence-electron chi connectivity index (χ2n) is 7.57. The molecule has 0 radical (unpaired) electrons. The highest BCUT2D eigenvalue weighted by molar-refractivity contribution is 5.92. The second-order valence-corrected chi connectivity index (χ2v) is 7.57. The zero-order valence-electron chi connectivity index (χ0n) is 18.6. The van der Waals surface area contributed by atoms with Crippen LogP contribution in [0.5, 0.6) is 5.88 Å². The molecule has 0 saturated heterocycles. The molecule has 0 atom stereocenters. The first kappa shape index (κ1) is 20.6. The molecule has 4 aromatic rings. The topological polar surface area (TPSA) is 88.5 Å². The first-order chi connectivity index (χ1) is 14.8. The Hall–Kier alpha value is -3.62. The average Bonchev–Trinajstić information content (AvgIpc) is 3.43. The first-order valence-electron chi connectivity index (χ1n) is 10.2. The van der Waals surface area contributed by atoms with Crippen molar-refractivity contribution in [2.45, 2.75) is 40.7 Å². The molecule has 0 aliphatic heterocycles. The van der Waals surface area contributed by atoms with E-state index in [0.29, 0.717) is 0 Å². The van der Waals surface area contributed by atoms with Gasteiger partial charge in [0.25, 0.3) is 0 Å². The minimum Gasteiger partial charge on any atom is -0.479 e. The third kappa shape index (κ3) is 3.45. The van der Waals surface area contributed by atoms with Gasteiger partial charge < -0.3 is 9.47 Å². The fraction of sp³-hybridized carbons (Fsp3) is 0.364. The van der Waals surface area contributed by atoms with Crippen molar-refractivity contribution in [3.8, 4) is 22.7 Å². The summed E-state index contributed by atoms with van der Waals surface area (Å²) in [7, 11) is 1.48. The lowest BCUT2D eigenvalue weighted by Gasteiger charge is -2.08. The number of esters is 1. The number of hydrogen-bond acceptors (Lipinski definition) is 6. The molecule has 0 aromatic carbocycles. The molecule has 0 N–H and O–H groups in total. The van der Waals surface area contributed by atoms with Crippen LogP contribution in [0.25, 0.3) is 22.3 Å². The Morgan fingerprint density at radius 3 is 2.65 bits per heavy atom. The Balaban J connectivity index is 1.83. The van der Waals surface area contributed by atoms with Crippen LogP contribution >= 0.6 is 0 Å². The average molecular weight is 422 g/mol. The number of aromatic nitrogens is 6. The fourth-order valence-corrected chi connectivity index (χ4v) is 3.85. The van der Waals surface area contributed by atoms with Gasteiger partial charge in [-0.1, -0.05) is 0 Å². The van der Waals surface area contributed by atoms with Gasteiger partial charge in [-0.15, -0.1) is 5.10 Å². The fourth-order valence-electron chi connectivity index (χ4n) is 3.85. The summed E-state index contributed by atoms with van der Waals surface area (Å²) in [6, 6.07) is 4.13. The van der Waals surface area contributed by atoms with Gasteiger partial charge in [0.15, 0.2) is 0 Å². The Kier molecular flexibility index (Phi) is 5.26. The van der Waals surface area contributed by atoms with Gasteiger partial charge in [0, 0.05) is 35.3 Å². The Morgan fingerprint density at radius 2 is 2.00 bits per heavy atom. The van der Waals surface area contributed by atoms with Crippen LogP contribution in [0.2, 0.25) is 0 Å². The number of nitrogens with zero attached hydrogens (tertiary/aromatic N) is 6.